The largest absolute Gasteiger partial charge is 0.493 e. The first-order valence-corrected chi connectivity index (χ1v) is 6.08. The summed E-state index contributed by atoms with van der Waals surface area (Å²) >= 11 is 0. The first kappa shape index (κ1) is 14.4. The van der Waals surface area contributed by atoms with Crippen LogP contribution in [0, 0.1) is 17.5 Å². The van der Waals surface area contributed by atoms with Gasteiger partial charge in [0.1, 0.15) is 29.3 Å². The van der Waals surface area contributed by atoms with Crippen LogP contribution in [0.1, 0.15) is 24.2 Å². The fourth-order valence-electron chi connectivity index (χ4n) is 1.96. The van der Waals surface area contributed by atoms with Crippen molar-refractivity contribution in [3.05, 3.63) is 65.0 Å². The van der Waals surface area contributed by atoms with Crippen LogP contribution < -0.4 is 4.74 Å². The molecule has 0 fully saturated rings. The average molecular weight is 282 g/mol. The van der Waals surface area contributed by atoms with Crippen LogP contribution in [-0.4, -0.2) is 11.7 Å². The molecule has 106 valence electrons. The highest BCUT2D eigenvalue weighted by Crippen LogP contribution is 2.33. The molecule has 2 rings (SSSR count). The molecule has 20 heavy (non-hydrogen) atoms. The Morgan fingerprint density at radius 3 is 2.30 bits per heavy atom. The molecule has 0 aliphatic carbocycles. The van der Waals surface area contributed by atoms with E-state index in [0.29, 0.717) is 24.5 Å². The Balaban J connectivity index is 2.49. The molecule has 0 aliphatic rings. The molecule has 0 amide bonds. The summed E-state index contributed by atoms with van der Waals surface area (Å²) in [5, 5.41) is 10.2. The third-order valence-corrected chi connectivity index (χ3v) is 2.83. The van der Waals surface area contributed by atoms with Crippen LogP contribution in [0.3, 0.4) is 0 Å². The number of aliphatic hydroxyl groups excluding tert-OH is 1. The molecule has 0 saturated carbocycles. The molecule has 1 atom stereocenters. The number of aliphatic hydroxyl groups is 1. The molecule has 2 aromatic rings. The highest BCUT2D eigenvalue weighted by molar-refractivity contribution is 5.41. The average Bonchev–Trinajstić information content (AvgIpc) is 2.38. The third kappa shape index (κ3) is 2.77. The van der Waals surface area contributed by atoms with Crippen LogP contribution in [0.15, 0.2) is 36.4 Å². The molecule has 2 nitrogen and oxygen atoms in total. The minimum Gasteiger partial charge on any atom is -0.493 e. The van der Waals surface area contributed by atoms with Crippen LogP contribution >= 0.6 is 0 Å². The molecule has 0 heterocycles. The van der Waals surface area contributed by atoms with E-state index in [4.69, 9.17) is 4.74 Å². The highest BCUT2D eigenvalue weighted by Gasteiger charge is 2.23. The van der Waals surface area contributed by atoms with Gasteiger partial charge in [-0.15, -0.1) is 0 Å². The summed E-state index contributed by atoms with van der Waals surface area (Å²) in [6, 6.07) is 7.44. The van der Waals surface area contributed by atoms with Crippen molar-refractivity contribution in [2.24, 2.45) is 0 Å². The number of rotatable bonds is 4. The zero-order valence-electron chi connectivity index (χ0n) is 10.7. The van der Waals surface area contributed by atoms with Crippen molar-refractivity contribution in [3.63, 3.8) is 0 Å². The van der Waals surface area contributed by atoms with E-state index in [9.17, 15) is 18.3 Å². The lowest BCUT2D eigenvalue weighted by Crippen LogP contribution is -2.08. The van der Waals surface area contributed by atoms with Gasteiger partial charge in [0.15, 0.2) is 0 Å². The molecule has 0 radical (unpaired) electrons. The Morgan fingerprint density at radius 1 is 1.10 bits per heavy atom. The maximum Gasteiger partial charge on any atom is 0.135 e. The first-order valence-electron chi connectivity index (χ1n) is 6.08. The van der Waals surface area contributed by atoms with Crippen LogP contribution in [-0.2, 0) is 0 Å². The van der Waals surface area contributed by atoms with Gasteiger partial charge in [0.2, 0.25) is 0 Å². The summed E-state index contributed by atoms with van der Waals surface area (Å²) < 4.78 is 45.6. The Hall–Kier alpha value is -2.01. The monoisotopic (exact) mass is 282 g/mol. The zero-order valence-corrected chi connectivity index (χ0v) is 10.7. The summed E-state index contributed by atoms with van der Waals surface area (Å²) in [7, 11) is 0. The predicted octanol–water partition coefficient (Wildman–Crippen LogP) is 3.58. The minimum atomic E-state index is -1.57. The number of hydrogen-bond acceptors (Lipinski definition) is 2. The van der Waals surface area contributed by atoms with Gasteiger partial charge in [-0.3, -0.25) is 0 Å². The van der Waals surface area contributed by atoms with Crippen molar-refractivity contribution in [2.75, 3.05) is 6.61 Å². The van der Waals surface area contributed by atoms with Gasteiger partial charge in [0.25, 0.3) is 0 Å². The fourth-order valence-corrected chi connectivity index (χ4v) is 1.96. The summed E-state index contributed by atoms with van der Waals surface area (Å²) in [5.41, 5.74) is -0.377. The van der Waals surface area contributed by atoms with Gasteiger partial charge in [-0.1, -0.05) is 18.2 Å². The molecule has 0 aromatic heterocycles. The summed E-state index contributed by atoms with van der Waals surface area (Å²) in [6.45, 7) is 2.10. The molecule has 0 bridgehead atoms. The van der Waals surface area contributed by atoms with Gasteiger partial charge in [0, 0.05) is 17.7 Å². The van der Waals surface area contributed by atoms with Crippen molar-refractivity contribution >= 4 is 0 Å². The first-order chi connectivity index (χ1) is 9.54. The number of ether oxygens (including phenoxy) is 1. The van der Waals surface area contributed by atoms with Crippen molar-refractivity contribution < 1.29 is 23.0 Å². The van der Waals surface area contributed by atoms with Gasteiger partial charge >= 0.3 is 0 Å². The van der Waals surface area contributed by atoms with E-state index >= 15 is 0 Å². The highest BCUT2D eigenvalue weighted by atomic mass is 19.1. The van der Waals surface area contributed by atoms with Crippen molar-refractivity contribution in [1.29, 1.82) is 0 Å². The lowest BCUT2D eigenvalue weighted by atomic mass is 9.99. The van der Waals surface area contributed by atoms with Gasteiger partial charge in [-0.25, -0.2) is 13.2 Å². The topological polar surface area (TPSA) is 29.5 Å². The number of benzene rings is 2. The fraction of sp³-hybridized carbons (Fsp3) is 0.200. The maximum atomic E-state index is 13.7. The van der Waals surface area contributed by atoms with Crippen LogP contribution in [0.5, 0.6) is 5.75 Å². The van der Waals surface area contributed by atoms with Crippen molar-refractivity contribution in [2.45, 2.75) is 13.0 Å². The quantitative estimate of drug-likeness (QED) is 0.928. The van der Waals surface area contributed by atoms with Gasteiger partial charge in [-0.2, -0.15) is 0 Å². The minimum absolute atomic E-state index is 0.221. The smallest absolute Gasteiger partial charge is 0.135 e. The molecular formula is C15H13F3O2. The SMILES string of the molecule is CCOc1ccccc1C(O)c1c(F)cc(F)cc1F. The molecule has 0 aliphatic heterocycles. The van der Waals surface area contributed by atoms with Crippen LogP contribution in [0.25, 0.3) is 0 Å². The Bertz CT molecular complexity index is 591. The second kappa shape index (κ2) is 5.96. The second-order valence-electron chi connectivity index (χ2n) is 4.16. The normalized spacial score (nSPS) is 12.2. The lowest BCUT2D eigenvalue weighted by Gasteiger charge is -2.17. The molecule has 1 N–H and O–H groups in total. The van der Waals surface area contributed by atoms with E-state index in [-0.39, 0.29) is 5.56 Å². The molecule has 2 aromatic carbocycles. The Labute approximate surface area is 114 Å². The van der Waals surface area contributed by atoms with E-state index < -0.39 is 29.1 Å². The zero-order chi connectivity index (χ0) is 14.7. The van der Waals surface area contributed by atoms with Gasteiger partial charge in [-0.05, 0) is 13.0 Å². The number of para-hydroxylation sites is 1. The molecule has 1 unspecified atom stereocenters. The molecular weight excluding hydrogens is 269 g/mol. The Morgan fingerprint density at radius 2 is 1.70 bits per heavy atom. The van der Waals surface area contributed by atoms with Gasteiger partial charge in [0.05, 0.1) is 12.2 Å². The molecule has 5 heteroatoms. The van der Waals surface area contributed by atoms with Crippen molar-refractivity contribution in [1.82, 2.24) is 0 Å². The van der Waals surface area contributed by atoms with E-state index in [1.807, 2.05) is 0 Å². The van der Waals surface area contributed by atoms with E-state index in [1.54, 1.807) is 25.1 Å². The summed E-state index contributed by atoms with van der Waals surface area (Å²) in [4.78, 5) is 0. The van der Waals surface area contributed by atoms with Gasteiger partial charge < -0.3 is 9.84 Å². The molecule has 0 spiro atoms. The standard InChI is InChI=1S/C15H13F3O2/c1-2-20-13-6-4-3-5-10(13)15(19)14-11(17)7-9(16)8-12(14)18/h3-8,15,19H,2H2,1H3. The number of hydrogen-bond donors (Lipinski definition) is 1. The summed E-state index contributed by atoms with van der Waals surface area (Å²) in [6.07, 6.45) is -1.57. The molecule has 0 saturated heterocycles. The predicted molar refractivity (Wildman–Crippen MR) is 68.0 cm³/mol. The maximum absolute atomic E-state index is 13.7. The Kier molecular flexibility index (Phi) is 4.29. The van der Waals surface area contributed by atoms with E-state index in [1.165, 1.54) is 6.07 Å². The second-order valence-corrected chi connectivity index (χ2v) is 4.16. The third-order valence-electron chi connectivity index (χ3n) is 2.83. The lowest BCUT2D eigenvalue weighted by molar-refractivity contribution is 0.201. The summed E-state index contributed by atoms with van der Waals surface area (Å²) in [5.74, 6) is -2.98. The van der Waals surface area contributed by atoms with Crippen molar-refractivity contribution in [3.8, 4) is 5.75 Å². The van der Waals surface area contributed by atoms with E-state index in [2.05, 4.69) is 0 Å². The number of halogens is 3. The van der Waals surface area contributed by atoms with Crippen LogP contribution in [0.4, 0.5) is 13.2 Å². The van der Waals surface area contributed by atoms with E-state index in [0.717, 1.165) is 0 Å². The van der Waals surface area contributed by atoms with Crippen LogP contribution in [0.2, 0.25) is 0 Å².